The predicted molar refractivity (Wildman–Crippen MR) is 143 cm³/mol. The number of thiocarbonyl (C=S) groups is 1. The number of hydrogen-bond donors (Lipinski definition) is 0. The van der Waals surface area contributed by atoms with Crippen LogP contribution in [0.2, 0.25) is 0 Å². The number of unbranched alkanes of at least 4 members (excludes halogenated alkanes) is 4. The number of benzene rings is 3. The van der Waals surface area contributed by atoms with Gasteiger partial charge in [-0.3, -0.25) is 4.31 Å². The first-order chi connectivity index (χ1) is 15.2. The predicted octanol–water partition coefficient (Wildman–Crippen LogP) is 8.59. The van der Waals surface area contributed by atoms with Crippen LogP contribution in [0.25, 0.3) is 10.8 Å². The number of fused-ring (bicyclic) bond motifs is 1. The van der Waals surface area contributed by atoms with Crippen LogP contribution in [-0.4, -0.2) is 22.3 Å². The Bertz CT molecular complexity index is 927. The molecule has 0 spiro atoms. The van der Waals surface area contributed by atoms with E-state index in [-0.39, 0.29) is 0 Å². The Hall–Kier alpha value is -2.04. The van der Waals surface area contributed by atoms with Crippen molar-refractivity contribution in [2.75, 3.05) is 17.4 Å². The molecule has 0 aliphatic heterocycles. The molecule has 0 unspecified atom stereocenters. The lowest BCUT2D eigenvalue weighted by Crippen LogP contribution is -2.31. The van der Waals surface area contributed by atoms with Crippen molar-refractivity contribution in [2.24, 2.45) is 0 Å². The minimum absolute atomic E-state index is 0.962. The van der Waals surface area contributed by atoms with E-state index in [4.69, 9.17) is 12.2 Å². The maximum absolute atomic E-state index is 6.02. The molecule has 3 aromatic carbocycles. The fourth-order valence-corrected chi connectivity index (χ4v) is 5.07. The summed E-state index contributed by atoms with van der Waals surface area (Å²) in [6.45, 7) is 6.60. The van der Waals surface area contributed by atoms with Crippen molar-refractivity contribution in [1.29, 1.82) is 0 Å². The van der Waals surface area contributed by atoms with Gasteiger partial charge in [0.05, 0.1) is 11.4 Å². The topological polar surface area (TPSA) is 6.48 Å². The molecule has 2 nitrogen and oxygen atoms in total. The number of hydrogen-bond acceptors (Lipinski definition) is 3. The van der Waals surface area contributed by atoms with Crippen LogP contribution >= 0.6 is 24.2 Å². The van der Waals surface area contributed by atoms with Gasteiger partial charge in [-0.15, -0.1) is 0 Å². The Morgan fingerprint density at radius 3 is 2.03 bits per heavy atom. The van der Waals surface area contributed by atoms with E-state index in [0.717, 1.165) is 23.1 Å². The second-order valence-electron chi connectivity index (χ2n) is 7.89. The average molecular weight is 451 g/mol. The average Bonchev–Trinajstić information content (AvgIpc) is 2.82. The van der Waals surface area contributed by atoms with Crippen LogP contribution in [-0.2, 0) is 0 Å². The van der Waals surface area contributed by atoms with Gasteiger partial charge in [0.2, 0.25) is 0 Å². The molecule has 0 saturated heterocycles. The highest BCUT2D eigenvalue weighted by atomic mass is 32.2. The molecular formula is C27H34N2S2. The van der Waals surface area contributed by atoms with E-state index in [1.807, 2.05) is 0 Å². The fraction of sp³-hybridized carbons (Fsp3) is 0.370. The summed E-state index contributed by atoms with van der Waals surface area (Å²) in [7, 11) is 0. The maximum atomic E-state index is 6.02. The zero-order chi connectivity index (χ0) is 21.9. The number of anilines is 2. The first kappa shape index (κ1) is 23.6. The number of para-hydroxylation sites is 1. The van der Waals surface area contributed by atoms with Crippen LogP contribution in [0.15, 0.2) is 72.8 Å². The normalized spacial score (nSPS) is 10.9. The van der Waals surface area contributed by atoms with Crippen molar-refractivity contribution in [2.45, 2.75) is 52.4 Å². The molecule has 0 heterocycles. The minimum atomic E-state index is 0.962. The molecule has 3 rings (SSSR count). The lowest BCUT2D eigenvalue weighted by atomic mass is 10.1. The Kier molecular flexibility index (Phi) is 9.70. The fourth-order valence-electron chi connectivity index (χ4n) is 3.73. The summed E-state index contributed by atoms with van der Waals surface area (Å²) in [5.74, 6) is 0. The monoisotopic (exact) mass is 450 g/mol. The molecule has 0 saturated carbocycles. The molecule has 31 heavy (non-hydrogen) atoms. The highest BCUT2D eigenvalue weighted by Gasteiger charge is 2.19. The van der Waals surface area contributed by atoms with E-state index >= 15 is 0 Å². The molecule has 0 bridgehead atoms. The smallest absolute Gasteiger partial charge is 0.157 e. The van der Waals surface area contributed by atoms with Crippen LogP contribution in [0.5, 0.6) is 0 Å². The highest BCUT2D eigenvalue weighted by molar-refractivity contribution is 8.24. The van der Waals surface area contributed by atoms with Gasteiger partial charge in [-0.25, -0.2) is 0 Å². The first-order valence-electron chi connectivity index (χ1n) is 11.5. The van der Waals surface area contributed by atoms with Gasteiger partial charge in [0.25, 0.3) is 0 Å². The summed E-state index contributed by atoms with van der Waals surface area (Å²) in [6.07, 6.45) is 7.36. The van der Waals surface area contributed by atoms with E-state index in [1.165, 1.54) is 55.0 Å². The largest absolute Gasteiger partial charge is 0.356 e. The molecular weight excluding hydrogens is 416 g/mol. The summed E-state index contributed by atoms with van der Waals surface area (Å²) in [4.78, 5) is 2.42. The zero-order valence-electron chi connectivity index (χ0n) is 18.8. The van der Waals surface area contributed by atoms with E-state index in [0.29, 0.717) is 0 Å². The van der Waals surface area contributed by atoms with Crippen LogP contribution in [0.3, 0.4) is 0 Å². The van der Waals surface area contributed by atoms with Gasteiger partial charge >= 0.3 is 0 Å². The minimum Gasteiger partial charge on any atom is -0.356 e. The summed E-state index contributed by atoms with van der Waals surface area (Å²) < 4.78 is 3.26. The molecule has 0 radical (unpaired) electrons. The van der Waals surface area contributed by atoms with Crippen LogP contribution in [0.4, 0.5) is 11.4 Å². The molecule has 164 valence electrons. The zero-order valence-corrected chi connectivity index (χ0v) is 20.4. The molecule has 4 heteroatoms. The molecule has 0 aliphatic rings. The van der Waals surface area contributed by atoms with Crippen LogP contribution in [0.1, 0.15) is 52.4 Å². The molecule has 0 aliphatic carbocycles. The molecule has 3 aromatic rings. The lowest BCUT2D eigenvalue weighted by Gasteiger charge is -2.30. The van der Waals surface area contributed by atoms with E-state index in [1.54, 1.807) is 11.9 Å². The van der Waals surface area contributed by atoms with Gasteiger partial charge in [-0.1, -0.05) is 106 Å². The quantitative estimate of drug-likeness (QED) is 0.164. The molecule has 0 amide bonds. The number of nitrogens with zero attached hydrogens (tertiary/aromatic N) is 2. The Labute approximate surface area is 197 Å². The maximum Gasteiger partial charge on any atom is 0.157 e. The van der Waals surface area contributed by atoms with Gasteiger partial charge in [-0.05, 0) is 36.4 Å². The van der Waals surface area contributed by atoms with Crippen molar-refractivity contribution in [3.05, 3.63) is 72.8 Å². The Balaban J connectivity index is 1.89. The summed E-state index contributed by atoms with van der Waals surface area (Å²) >= 11 is 7.70. The van der Waals surface area contributed by atoms with Crippen molar-refractivity contribution in [3.8, 4) is 0 Å². The van der Waals surface area contributed by atoms with Crippen molar-refractivity contribution >= 4 is 50.6 Å². The SMILES string of the molecule is CCCCCN(CCCCC)C(=S)SN(c1ccccc1)c1cccc2ccccc12. The third-order valence-corrected chi connectivity index (χ3v) is 6.95. The Morgan fingerprint density at radius 2 is 1.35 bits per heavy atom. The summed E-state index contributed by atoms with van der Waals surface area (Å²) in [5, 5.41) is 2.49. The van der Waals surface area contributed by atoms with Crippen molar-refractivity contribution in [3.63, 3.8) is 0 Å². The molecule has 0 fully saturated rings. The molecule has 0 atom stereocenters. The van der Waals surface area contributed by atoms with Gasteiger partial charge < -0.3 is 4.90 Å². The van der Waals surface area contributed by atoms with Gasteiger partial charge in [0, 0.05) is 30.4 Å². The van der Waals surface area contributed by atoms with E-state index in [2.05, 4.69) is 95.8 Å². The second-order valence-corrected chi connectivity index (χ2v) is 9.47. The third-order valence-electron chi connectivity index (χ3n) is 5.47. The highest BCUT2D eigenvalue weighted by Crippen LogP contribution is 2.38. The van der Waals surface area contributed by atoms with Crippen molar-refractivity contribution in [1.82, 2.24) is 4.90 Å². The van der Waals surface area contributed by atoms with Gasteiger partial charge in [-0.2, -0.15) is 0 Å². The number of rotatable bonds is 11. The van der Waals surface area contributed by atoms with E-state index < -0.39 is 0 Å². The van der Waals surface area contributed by atoms with Gasteiger partial charge in [0.15, 0.2) is 4.32 Å². The summed E-state index contributed by atoms with van der Waals surface area (Å²) in [6, 6.07) is 25.7. The van der Waals surface area contributed by atoms with Crippen molar-refractivity contribution < 1.29 is 0 Å². The summed E-state index contributed by atoms with van der Waals surface area (Å²) in [5.41, 5.74) is 2.33. The lowest BCUT2D eigenvalue weighted by molar-refractivity contribution is 0.402. The molecule has 0 aromatic heterocycles. The second kappa shape index (κ2) is 12.7. The first-order valence-corrected chi connectivity index (χ1v) is 12.7. The van der Waals surface area contributed by atoms with Crippen LogP contribution < -0.4 is 4.31 Å². The standard InChI is InChI=1S/C27H34N2S2/c1-3-5-12-21-28(22-13-6-4-2)27(30)31-29(24-17-8-7-9-18-24)26-20-14-16-23-15-10-11-19-25(23)26/h7-11,14-20H,3-6,12-13,21-22H2,1-2H3. The van der Waals surface area contributed by atoms with Crippen LogP contribution in [0, 0.1) is 0 Å². The Morgan fingerprint density at radius 1 is 0.742 bits per heavy atom. The van der Waals surface area contributed by atoms with Gasteiger partial charge in [0.1, 0.15) is 0 Å². The third kappa shape index (κ3) is 6.72. The molecule has 0 N–H and O–H groups in total. The van der Waals surface area contributed by atoms with E-state index in [9.17, 15) is 0 Å².